The second-order valence-electron chi connectivity index (χ2n) is 8.72. The molecule has 1 aromatic carbocycles. The monoisotopic (exact) mass is 357 g/mol. The van der Waals surface area contributed by atoms with Crippen LogP contribution < -0.4 is 10.1 Å². The average molecular weight is 357 g/mol. The Morgan fingerprint density at radius 3 is 2.65 bits per heavy atom. The molecule has 0 bridgehead atoms. The first-order valence-electron chi connectivity index (χ1n) is 10.0. The SMILES string of the molecule is CC1(C)CN(CC(=O)NC2CCN(C3CC3)CC2)Cc2ccccc2O1. The Morgan fingerprint density at radius 1 is 1.19 bits per heavy atom. The molecule has 142 valence electrons. The molecule has 2 fully saturated rings. The molecule has 1 N–H and O–H groups in total. The van der Waals surface area contributed by atoms with E-state index < -0.39 is 0 Å². The van der Waals surface area contributed by atoms with Gasteiger partial charge in [0.25, 0.3) is 0 Å². The van der Waals surface area contributed by atoms with Gasteiger partial charge in [0.05, 0.1) is 6.54 Å². The molecule has 5 nitrogen and oxygen atoms in total. The largest absolute Gasteiger partial charge is 0.486 e. The van der Waals surface area contributed by atoms with Gasteiger partial charge in [-0.15, -0.1) is 0 Å². The number of amides is 1. The highest BCUT2D eigenvalue weighted by Crippen LogP contribution is 2.30. The number of carbonyl (C=O) groups excluding carboxylic acids is 1. The van der Waals surface area contributed by atoms with Crippen LogP contribution in [0, 0.1) is 0 Å². The van der Waals surface area contributed by atoms with Crippen LogP contribution in [0.15, 0.2) is 24.3 Å². The number of hydrogen-bond donors (Lipinski definition) is 1. The second-order valence-corrected chi connectivity index (χ2v) is 8.72. The van der Waals surface area contributed by atoms with E-state index in [0.717, 1.165) is 56.4 Å². The number of rotatable bonds is 4. The maximum atomic E-state index is 12.6. The summed E-state index contributed by atoms with van der Waals surface area (Å²) >= 11 is 0. The summed E-state index contributed by atoms with van der Waals surface area (Å²) in [6, 6.07) is 9.33. The van der Waals surface area contributed by atoms with Gasteiger partial charge in [0.2, 0.25) is 5.91 Å². The van der Waals surface area contributed by atoms with Crippen molar-refractivity contribution < 1.29 is 9.53 Å². The fourth-order valence-corrected chi connectivity index (χ4v) is 4.34. The molecule has 2 heterocycles. The van der Waals surface area contributed by atoms with Crippen LogP contribution in [-0.4, -0.2) is 59.6 Å². The van der Waals surface area contributed by atoms with Crippen LogP contribution in [0.5, 0.6) is 5.75 Å². The summed E-state index contributed by atoms with van der Waals surface area (Å²) in [5, 5.41) is 3.27. The van der Waals surface area contributed by atoms with Crippen molar-refractivity contribution in [1.82, 2.24) is 15.1 Å². The second kappa shape index (κ2) is 7.20. The van der Waals surface area contributed by atoms with Crippen molar-refractivity contribution in [2.75, 3.05) is 26.2 Å². The van der Waals surface area contributed by atoms with Crippen LogP contribution in [0.1, 0.15) is 45.1 Å². The highest BCUT2D eigenvalue weighted by molar-refractivity contribution is 5.78. The van der Waals surface area contributed by atoms with E-state index in [-0.39, 0.29) is 11.5 Å². The zero-order chi connectivity index (χ0) is 18.1. The Morgan fingerprint density at radius 2 is 1.92 bits per heavy atom. The first kappa shape index (κ1) is 17.8. The Balaban J connectivity index is 1.32. The topological polar surface area (TPSA) is 44.8 Å². The summed E-state index contributed by atoms with van der Waals surface area (Å²) in [5.41, 5.74) is 0.853. The van der Waals surface area contributed by atoms with Gasteiger partial charge in [-0.1, -0.05) is 18.2 Å². The quantitative estimate of drug-likeness (QED) is 0.899. The minimum atomic E-state index is -0.303. The molecule has 1 saturated heterocycles. The number of hydrogen-bond acceptors (Lipinski definition) is 4. The number of nitrogens with zero attached hydrogens (tertiary/aromatic N) is 2. The highest BCUT2D eigenvalue weighted by Gasteiger charge is 2.33. The number of benzene rings is 1. The lowest BCUT2D eigenvalue weighted by Crippen LogP contribution is -2.49. The van der Waals surface area contributed by atoms with Crippen LogP contribution in [-0.2, 0) is 11.3 Å². The van der Waals surface area contributed by atoms with Crippen LogP contribution in [0.25, 0.3) is 0 Å². The molecule has 1 amide bonds. The van der Waals surface area contributed by atoms with Gasteiger partial charge in [0.1, 0.15) is 11.4 Å². The van der Waals surface area contributed by atoms with E-state index in [1.54, 1.807) is 0 Å². The molecule has 1 aliphatic carbocycles. The van der Waals surface area contributed by atoms with Gasteiger partial charge in [-0.05, 0) is 45.6 Å². The lowest BCUT2D eigenvalue weighted by molar-refractivity contribution is -0.123. The van der Waals surface area contributed by atoms with Gasteiger partial charge in [0.15, 0.2) is 0 Å². The molecular formula is C21H31N3O2. The van der Waals surface area contributed by atoms with Gasteiger partial charge in [-0.2, -0.15) is 0 Å². The van der Waals surface area contributed by atoms with Crippen LogP contribution in [0.3, 0.4) is 0 Å². The van der Waals surface area contributed by atoms with Crippen molar-refractivity contribution in [1.29, 1.82) is 0 Å². The summed E-state index contributed by atoms with van der Waals surface area (Å²) in [7, 11) is 0. The lowest BCUT2D eigenvalue weighted by Gasteiger charge is -2.33. The Labute approximate surface area is 156 Å². The fraction of sp³-hybridized carbons (Fsp3) is 0.667. The number of piperidine rings is 1. The number of para-hydroxylation sites is 1. The van der Waals surface area contributed by atoms with Crippen molar-refractivity contribution in [3.05, 3.63) is 29.8 Å². The highest BCUT2D eigenvalue weighted by atomic mass is 16.5. The predicted octanol–water partition coefficient (Wildman–Crippen LogP) is 2.40. The smallest absolute Gasteiger partial charge is 0.234 e. The fourth-order valence-electron chi connectivity index (χ4n) is 4.34. The third kappa shape index (κ3) is 4.38. The van der Waals surface area contributed by atoms with E-state index in [1.807, 2.05) is 18.2 Å². The van der Waals surface area contributed by atoms with E-state index in [2.05, 4.69) is 35.0 Å². The van der Waals surface area contributed by atoms with Crippen molar-refractivity contribution in [2.45, 2.75) is 63.8 Å². The number of nitrogens with one attached hydrogen (secondary N) is 1. The first-order chi connectivity index (χ1) is 12.5. The van der Waals surface area contributed by atoms with Gasteiger partial charge in [0, 0.05) is 43.8 Å². The first-order valence-corrected chi connectivity index (χ1v) is 10.0. The number of likely N-dealkylation sites (tertiary alicyclic amines) is 1. The summed E-state index contributed by atoms with van der Waals surface area (Å²) in [5.74, 6) is 1.08. The molecule has 4 rings (SSSR count). The molecule has 0 unspecified atom stereocenters. The zero-order valence-corrected chi connectivity index (χ0v) is 16.0. The predicted molar refractivity (Wildman–Crippen MR) is 102 cm³/mol. The van der Waals surface area contributed by atoms with Crippen molar-refractivity contribution in [3.63, 3.8) is 0 Å². The van der Waals surface area contributed by atoms with E-state index in [1.165, 1.54) is 12.8 Å². The minimum Gasteiger partial charge on any atom is -0.486 e. The summed E-state index contributed by atoms with van der Waals surface area (Å²) in [6.45, 7) is 8.38. The van der Waals surface area contributed by atoms with Gasteiger partial charge >= 0.3 is 0 Å². The Kier molecular flexibility index (Phi) is 4.93. The molecule has 0 spiro atoms. The third-order valence-corrected chi connectivity index (χ3v) is 5.68. The van der Waals surface area contributed by atoms with Crippen molar-refractivity contribution in [3.8, 4) is 5.75 Å². The van der Waals surface area contributed by atoms with Gasteiger partial charge in [-0.3, -0.25) is 9.69 Å². The summed E-state index contributed by atoms with van der Waals surface area (Å²) in [6.07, 6.45) is 4.90. The number of ether oxygens (including phenoxy) is 1. The Hall–Kier alpha value is -1.59. The van der Waals surface area contributed by atoms with Crippen LogP contribution in [0.2, 0.25) is 0 Å². The molecular weight excluding hydrogens is 326 g/mol. The van der Waals surface area contributed by atoms with Crippen LogP contribution >= 0.6 is 0 Å². The van der Waals surface area contributed by atoms with Crippen molar-refractivity contribution in [2.24, 2.45) is 0 Å². The molecule has 0 aromatic heterocycles. The molecule has 0 radical (unpaired) electrons. The summed E-state index contributed by atoms with van der Waals surface area (Å²) in [4.78, 5) is 17.4. The standard InChI is InChI=1S/C21H31N3O2/c1-21(2)15-23(13-16-5-3-4-6-19(16)26-21)14-20(25)22-17-9-11-24(12-10-17)18-7-8-18/h3-6,17-18H,7-15H2,1-2H3,(H,22,25). The maximum absolute atomic E-state index is 12.6. The molecule has 3 aliphatic rings. The summed E-state index contributed by atoms with van der Waals surface area (Å²) < 4.78 is 6.17. The van der Waals surface area contributed by atoms with E-state index in [4.69, 9.17) is 4.74 Å². The maximum Gasteiger partial charge on any atom is 0.234 e. The number of fused-ring (bicyclic) bond motifs is 1. The van der Waals surface area contributed by atoms with E-state index in [0.29, 0.717) is 12.6 Å². The number of carbonyl (C=O) groups is 1. The Bertz CT molecular complexity index is 648. The molecule has 5 heteroatoms. The normalized spacial score (nSPS) is 24.4. The molecule has 1 aromatic rings. The average Bonchev–Trinajstić information content (AvgIpc) is 3.41. The molecule has 1 saturated carbocycles. The van der Waals surface area contributed by atoms with E-state index in [9.17, 15) is 4.79 Å². The zero-order valence-electron chi connectivity index (χ0n) is 16.0. The third-order valence-electron chi connectivity index (χ3n) is 5.68. The van der Waals surface area contributed by atoms with Gasteiger partial charge in [-0.25, -0.2) is 0 Å². The molecule has 26 heavy (non-hydrogen) atoms. The van der Waals surface area contributed by atoms with Gasteiger partial charge < -0.3 is 15.0 Å². The minimum absolute atomic E-state index is 0.144. The molecule has 2 aliphatic heterocycles. The lowest BCUT2D eigenvalue weighted by atomic mass is 10.0. The van der Waals surface area contributed by atoms with Crippen molar-refractivity contribution >= 4 is 5.91 Å². The van der Waals surface area contributed by atoms with Crippen LogP contribution in [0.4, 0.5) is 0 Å². The van der Waals surface area contributed by atoms with E-state index >= 15 is 0 Å². The molecule has 0 atom stereocenters.